The first-order valence-corrected chi connectivity index (χ1v) is 11.2. The van der Waals surface area contributed by atoms with Crippen LogP contribution >= 0.6 is 0 Å². The zero-order valence-corrected chi connectivity index (χ0v) is 18.4. The Hall–Kier alpha value is -3.10. The summed E-state index contributed by atoms with van der Waals surface area (Å²) >= 11 is 0. The fourth-order valence-electron chi connectivity index (χ4n) is 3.84. The minimum atomic E-state index is -0.642. The number of nitrogens with two attached hydrogens (primary N) is 2. The topological polar surface area (TPSA) is 142 Å². The molecule has 2 aliphatic heterocycles. The summed E-state index contributed by atoms with van der Waals surface area (Å²) in [6.45, 7) is 3.94. The van der Waals surface area contributed by atoms with E-state index in [-0.39, 0.29) is 5.92 Å². The number of carboxylic acid groups (broad SMARTS) is 1. The van der Waals surface area contributed by atoms with Gasteiger partial charge in [-0.15, -0.1) is 0 Å². The van der Waals surface area contributed by atoms with Gasteiger partial charge in [-0.1, -0.05) is 24.3 Å². The molecule has 172 valence electrons. The van der Waals surface area contributed by atoms with Crippen LogP contribution in [0.25, 0.3) is 11.0 Å². The lowest BCUT2D eigenvalue weighted by molar-refractivity contribution is -0.142. The van der Waals surface area contributed by atoms with Crippen molar-refractivity contribution in [2.75, 3.05) is 37.6 Å². The lowest BCUT2D eigenvalue weighted by atomic mass is 9.98. The number of aromatic amines is 1. The van der Waals surface area contributed by atoms with Gasteiger partial charge in [0.15, 0.2) is 0 Å². The lowest BCUT2D eigenvalue weighted by Crippen LogP contribution is -2.31. The first kappa shape index (κ1) is 23.6. The number of nitrogens with one attached hydrogen (secondary N) is 3. The number of piperidine rings is 2. The molecule has 0 bridgehead atoms. The van der Waals surface area contributed by atoms with Gasteiger partial charge in [-0.25, -0.2) is 4.98 Å². The molecule has 2 aromatic carbocycles. The van der Waals surface area contributed by atoms with Crippen LogP contribution < -0.4 is 22.1 Å². The molecule has 0 spiro atoms. The molecule has 2 saturated heterocycles. The van der Waals surface area contributed by atoms with Crippen molar-refractivity contribution in [3.05, 3.63) is 54.4 Å². The molecule has 0 saturated carbocycles. The van der Waals surface area contributed by atoms with E-state index in [0.717, 1.165) is 55.9 Å². The van der Waals surface area contributed by atoms with Gasteiger partial charge < -0.3 is 32.2 Å². The maximum Gasteiger partial charge on any atom is 0.306 e. The standard InChI is InChI=1S/C12H15N3.C6H8N2.C6H11NO2/c1-2-4-11-10(3-1)14-12(15-11)9-5-7-13-8-6-9;7-5-3-1-2-4-6(5)8;8-6(9)5-1-3-7-4-2-5/h1-4,9,13H,5-8H2,(H,14,15);1-4H,7-8H2;5,7H,1-4H2,(H,8,9). The van der Waals surface area contributed by atoms with E-state index in [1.165, 1.54) is 12.8 Å². The number of aliphatic carboxylic acids is 1. The average molecular weight is 439 g/mol. The maximum absolute atomic E-state index is 10.3. The second-order valence-corrected chi connectivity index (χ2v) is 8.15. The molecule has 3 heterocycles. The van der Waals surface area contributed by atoms with Gasteiger partial charge in [0.2, 0.25) is 0 Å². The van der Waals surface area contributed by atoms with E-state index in [1.54, 1.807) is 12.1 Å². The van der Waals surface area contributed by atoms with Crippen LogP contribution in [0.2, 0.25) is 0 Å². The summed E-state index contributed by atoms with van der Waals surface area (Å²) in [6, 6.07) is 15.5. The van der Waals surface area contributed by atoms with Gasteiger partial charge in [0.1, 0.15) is 5.82 Å². The molecule has 0 unspecified atom stereocenters. The number of rotatable bonds is 2. The van der Waals surface area contributed by atoms with Crippen molar-refractivity contribution in [3.63, 3.8) is 0 Å². The van der Waals surface area contributed by atoms with Crippen molar-refractivity contribution < 1.29 is 9.90 Å². The summed E-state index contributed by atoms with van der Waals surface area (Å²) in [5.41, 5.74) is 14.3. The van der Waals surface area contributed by atoms with Gasteiger partial charge in [0.25, 0.3) is 0 Å². The first-order valence-electron chi connectivity index (χ1n) is 11.2. The molecule has 1 aromatic heterocycles. The third kappa shape index (κ3) is 6.96. The van der Waals surface area contributed by atoms with Gasteiger partial charge in [-0.05, 0) is 76.1 Å². The fraction of sp³-hybridized carbons (Fsp3) is 0.417. The highest BCUT2D eigenvalue weighted by molar-refractivity contribution is 5.74. The SMILES string of the molecule is Nc1ccccc1N.O=C(O)C1CCNCC1.c1ccc2[nH]c(C3CCNCC3)nc2c1. The van der Waals surface area contributed by atoms with Crippen molar-refractivity contribution in [1.82, 2.24) is 20.6 Å². The number of nitrogens with zero attached hydrogens (tertiary/aromatic N) is 1. The van der Waals surface area contributed by atoms with E-state index in [0.29, 0.717) is 17.3 Å². The Morgan fingerprint density at radius 3 is 1.88 bits per heavy atom. The number of benzene rings is 2. The smallest absolute Gasteiger partial charge is 0.306 e. The van der Waals surface area contributed by atoms with E-state index < -0.39 is 5.97 Å². The van der Waals surface area contributed by atoms with Crippen LogP contribution in [-0.4, -0.2) is 47.2 Å². The van der Waals surface area contributed by atoms with Crippen LogP contribution in [0.4, 0.5) is 11.4 Å². The zero-order chi connectivity index (χ0) is 22.8. The van der Waals surface area contributed by atoms with Crippen LogP contribution in [0, 0.1) is 5.92 Å². The minimum absolute atomic E-state index is 0.0914. The monoisotopic (exact) mass is 438 g/mol. The molecule has 5 rings (SSSR count). The van der Waals surface area contributed by atoms with Gasteiger partial charge in [-0.3, -0.25) is 4.79 Å². The predicted octanol–water partition coefficient (Wildman–Crippen LogP) is 2.95. The number of nitrogen functional groups attached to an aromatic ring is 2. The van der Waals surface area contributed by atoms with Gasteiger partial charge in [0.05, 0.1) is 28.3 Å². The number of anilines is 2. The number of imidazole rings is 1. The third-order valence-corrected chi connectivity index (χ3v) is 5.82. The molecule has 8 N–H and O–H groups in total. The van der Waals surface area contributed by atoms with E-state index in [2.05, 4.69) is 32.7 Å². The highest BCUT2D eigenvalue weighted by atomic mass is 16.4. The Bertz CT molecular complexity index is 923. The molecule has 0 amide bonds. The van der Waals surface area contributed by atoms with E-state index in [1.807, 2.05) is 24.3 Å². The Morgan fingerprint density at radius 1 is 0.844 bits per heavy atom. The van der Waals surface area contributed by atoms with Crippen LogP contribution in [0.3, 0.4) is 0 Å². The van der Waals surface area contributed by atoms with E-state index in [4.69, 9.17) is 16.6 Å². The summed E-state index contributed by atoms with van der Waals surface area (Å²) < 4.78 is 0. The molecule has 0 atom stereocenters. The molecule has 8 nitrogen and oxygen atoms in total. The fourth-order valence-corrected chi connectivity index (χ4v) is 3.84. The number of H-pyrrole nitrogens is 1. The van der Waals surface area contributed by atoms with Gasteiger partial charge in [0, 0.05) is 5.92 Å². The lowest BCUT2D eigenvalue weighted by Gasteiger charge is -2.20. The minimum Gasteiger partial charge on any atom is -0.481 e. The summed E-state index contributed by atoms with van der Waals surface area (Å²) in [5, 5.41) is 15.0. The number of para-hydroxylation sites is 4. The first-order chi connectivity index (χ1) is 15.5. The Morgan fingerprint density at radius 2 is 1.38 bits per heavy atom. The number of aromatic nitrogens is 2. The van der Waals surface area contributed by atoms with Gasteiger partial charge >= 0.3 is 5.97 Å². The van der Waals surface area contributed by atoms with Crippen LogP contribution in [0.1, 0.15) is 37.4 Å². The Balaban J connectivity index is 0.000000147. The maximum atomic E-state index is 10.3. The molecule has 3 aromatic rings. The van der Waals surface area contributed by atoms with Crippen molar-refractivity contribution in [1.29, 1.82) is 0 Å². The highest BCUT2D eigenvalue weighted by Gasteiger charge is 2.19. The third-order valence-electron chi connectivity index (χ3n) is 5.82. The second-order valence-electron chi connectivity index (χ2n) is 8.15. The predicted molar refractivity (Wildman–Crippen MR) is 129 cm³/mol. The van der Waals surface area contributed by atoms with Crippen LogP contribution in [0.15, 0.2) is 48.5 Å². The van der Waals surface area contributed by atoms with Crippen molar-refractivity contribution in [2.24, 2.45) is 5.92 Å². The van der Waals surface area contributed by atoms with Crippen LogP contribution in [0.5, 0.6) is 0 Å². The van der Waals surface area contributed by atoms with Crippen molar-refractivity contribution >= 4 is 28.4 Å². The summed E-state index contributed by atoms with van der Waals surface area (Å²) in [5.74, 6) is 1.04. The Labute approximate surface area is 188 Å². The van der Waals surface area contributed by atoms with Gasteiger partial charge in [-0.2, -0.15) is 0 Å². The molecular weight excluding hydrogens is 404 g/mol. The van der Waals surface area contributed by atoms with Crippen molar-refractivity contribution in [3.8, 4) is 0 Å². The van der Waals surface area contributed by atoms with E-state index in [9.17, 15) is 4.79 Å². The Kier molecular flexibility index (Phi) is 8.89. The zero-order valence-electron chi connectivity index (χ0n) is 18.4. The molecular formula is C24H34N6O2. The van der Waals surface area contributed by atoms with Crippen LogP contribution in [-0.2, 0) is 4.79 Å². The number of hydrogen-bond acceptors (Lipinski definition) is 6. The normalized spacial score (nSPS) is 17.0. The molecule has 2 aliphatic rings. The number of carbonyl (C=O) groups is 1. The quantitative estimate of drug-likeness (QED) is 0.338. The second kappa shape index (κ2) is 12.1. The number of fused-ring (bicyclic) bond motifs is 1. The molecule has 8 heteroatoms. The molecule has 2 fully saturated rings. The molecule has 0 radical (unpaired) electrons. The van der Waals surface area contributed by atoms with Crippen molar-refractivity contribution in [2.45, 2.75) is 31.6 Å². The summed E-state index contributed by atoms with van der Waals surface area (Å²) in [4.78, 5) is 18.4. The average Bonchev–Trinajstić information content (AvgIpc) is 3.27. The van der Waals surface area contributed by atoms with E-state index >= 15 is 0 Å². The summed E-state index contributed by atoms with van der Waals surface area (Å²) in [6.07, 6.45) is 3.96. The molecule has 32 heavy (non-hydrogen) atoms. The number of hydrogen-bond donors (Lipinski definition) is 6. The highest BCUT2D eigenvalue weighted by Crippen LogP contribution is 2.24. The number of carboxylic acids is 1. The summed E-state index contributed by atoms with van der Waals surface area (Å²) in [7, 11) is 0. The molecule has 0 aliphatic carbocycles. The largest absolute Gasteiger partial charge is 0.481 e.